The molecule has 0 fully saturated rings. The summed E-state index contributed by atoms with van der Waals surface area (Å²) in [6.45, 7) is 0. The zero-order valence-electron chi connectivity index (χ0n) is 17.8. The minimum absolute atomic E-state index is 0. The topological polar surface area (TPSA) is 51.6 Å². The molecular weight excluding hydrogens is 463 g/mol. The van der Waals surface area contributed by atoms with E-state index < -0.39 is 0 Å². The minimum Gasteiger partial charge on any atom is -0.263 e. The molecule has 4 aromatic carbocycles. The fourth-order valence-corrected chi connectivity index (χ4v) is 4.86. The molecule has 4 nitrogen and oxygen atoms in total. The van der Waals surface area contributed by atoms with Gasteiger partial charge in [0.1, 0.15) is 0 Å². The van der Waals surface area contributed by atoms with Crippen molar-refractivity contribution in [1.82, 2.24) is 19.9 Å². The number of nitrogens with zero attached hydrogens (tertiary/aromatic N) is 4. The van der Waals surface area contributed by atoms with E-state index >= 15 is 0 Å². The van der Waals surface area contributed by atoms with Gasteiger partial charge in [-0.05, 0) is 0 Å². The van der Waals surface area contributed by atoms with E-state index in [-0.39, 0.29) is 24.8 Å². The monoisotopic (exact) mass is 480 g/mol. The molecule has 0 aliphatic heterocycles. The van der Waals surface area contributed by atoms with Gasteiger partial charge in [-0.3, -0.25) is 19.9 Å². The minimum atomic E-state index is 0. The molecule has 6 heteroatoms. The normalized spacial score (nSPS) is 11.1. The van der Waals surface area contributed by atoms with Gasteiger partial charge in [0.2, 0.25) is 0 Å². The zero-order chi connectivity index (χ0) is 21.1. The van der Waals surface area contributed by atoms with E-state index in [1.807, 2.05) is 49.6 Å². The Balaban J connectivity index is 0.000000134. The van der Waals surface area contributed by atoms with Crippen molar-refractivity contribution in [3.05, 3.63) is 98.1 Å². The summed E-state index contributed by atoms with van der Waals surface area (Å²) in [6.07, 6.45) is 15.3. The molecule has 0 bridgehead atoms. The lowest BCUT2D eigenvalue weighted by molar-refractivity contribution is 1.37. The molecule has 0 N–H and O–H groups in total. The number of aromatic nitrogens is 4. The molecule has 164 valence electrons. The molecule has 0 aliphatic rings. The van der Waals surface area contributed by atoms with E-state index in [0.29, 0.717) is 0 Å². The summed E-state index contributed by atoms with van der Waals surface area (Å²) >= 11 is 0. The summed E-state index contributed by atoms with van der Waals surface area (Å²) in [7, 11) is 0. The maximum absolute atomic E-state index is 4.25. The van der Waals surface area contributed by atoms with Gasteiger partial charge in [-0.1, -0.05) is 48.5 Å². The van der Waals surface area contributed by atoms with Crippen LogP contribution in [0.3, 0.4) is 0 Å². The summed E-state index contributed by atoms with van der Waals surface area (Å²) in [5.74, 6) is 0. The lowest BCUT2D eigenvalue weighted by Gasteiger charge is -2.08. The Morgan fingerprint density at radius 3 is 0.559 bits per heavy atom. The summed E-state index contributed by atoms with van der Waals surface area (Å²) in [5.41, 5.74) is 0. The molecule has 0 atom stereocenters. The van der Waals surface area contributed by atoms with Crippen molar-refractivity contribution >= 4 is 89.4 Å². The van der Waals surface area contributed by atoms with E-state index in [2.05, 4.69) is 68.5 Å². The van der Waals surface area contributed by atoms with E-state index in [1.165, 1.54) is 64.6 Å². The molecule has 34 heavy (non-hydrogen) atoms. The summed E-state index contributed by atoms with van der Waals surface area (Å²) in [6, 6.07) is 16.9. The van der Waals surface area contributed by atoms with Gasteiger partial charge in [-0.25, -0.2) is 0 Å². The zero-order valence-corrected chi connectivity index (χ0v) is 19.5. The summed E-state index contributed by atoms with van der Waals surface area (Å²) in [4.78, 5) is 17.0. The molecule has 0 unspecified atom stereocenters. The first-order valence-electron chi connectivity index (χ1n) is 10.5. The first-order chi connectivity index (χ1) is 15.9. The highest BCUT2D eigenvalue weighted by Crippen LogP contribution is 2.33. The molecule has 0 saturated carbocycles. The fourth-order valence-electron chi connectivity index (χ4n) is 4.86. The average molecular weight is 481 g/mol. The predicted molar refractivity (Wildman–Crippen MR) is 146 cm³/mol. The van der Waals surface area contributed by atoms with Gasteiger partial charge in [-0.15, -0.1) is 24.8 Å². The molecule has 8 aromatic rings. The standard InChI is InChI=1S/2C14H8N2.2ClH/c2*1-2-10-6-16-8-12-4-3-11-7-15-5-9(1)13(11)14(10)12;;/h2*1-8H;2*1H. The molecule has 8 rings (SSSR count). The van der Waals surface area contributed by atoms with Crippen LogP contribution in [-0.4, -0.2) is 19.9 Å². The van der Waals surface area contributed by atoms with Crippen LogP contribution < -0.4 is 0 Å². The van der Waals surface area contributed by atoms with Crippen LogP contribution in [0.5, 0.6) is 0 Å². The Morgan fingerprint density at radius 1 is 0.265 bits per heavy atom. The van der Waals surface area contributed by atoms with Gasteiger partial charge in [0, 0.05) is 114 Å². The van der Waals surface area contributed by atoms with Crippen molar-refractivity contribution in [2.45, 2.75) is 0 Å². The molecule has 0 saturated heterocycles. The van der Waals surface area contributed by atoms with Gasteiger partial charge in [-0.2, -0.15) is 0 Å². The molecule has 4 heterocycles. The van der Waals surface area contributed by atoms with Gasteiger partial charge in [0.05, 0.1) is 0 Å². The van der Waals surface area contributed by atoms with Crippen LogP contribution in [0.1, 0.15) is 0 Å². The van der Waals surface area contributed by atoms with Crippen LogP contribution in [0.15, 0.2) is 98.1 Å². The molecular formula is C28H18Cl2N4. The van der Waals surface area contributed by atoms with Crippen molar-refractivity contribution in [2.24, 2.45) is 0 Å². The van der Waals surface area contributed by atoms with Gasteiger partial charge < -0.3 is 0 Å². The average Bonchev–Trinajstić information content (AvgIpc) is 2.87. The molecule has 0 amide bonds. The maximum Gasteiger partial charge on any atom is 0.0347 e. The first kappa shape index (κ1) is 22.0. The molecule has 4 aromatic heterocycles. The number of halogens is 2. The SMILES string of the molecule is Cl.Cl.c1cc2cncc3ccc4cncc1c4c23.c1cc2cncc3ccc4cncc1c4c23. The van der Waals surface area contributed by atoms with Crippen LogP contribution >= 0.6 is 24.8 Å². The third kappa shape index (κ3) is 3.23. The lowest BCUT2D eigenvalue weighted by Crippen LogP contribution is -1.85. The molecule has 0 radical (unpaired) electrons. The van der Waals surface area contributed by atoms with Crippen LogP contribution in [0.2, 0.25) is 0 Å². The Kier molecular flexibility index (Phi) is 5.48. The molecule has 0 aliphatic carbocycles. The second kappa shape index (κ2) is 8.49. The van der Waals surface area contributed by atoms with Gasteiger partial charge in [0.15, 0.2) is 0 Å². The Bertz CT molecular complexity index is 1500. The lowest BCUT2D eigenvalue weighted by atomic mass is 9.98. The third-order valence-electron chi connectivity index (χ3n) is 6.29. The highest BCUT2D eigenvalue weighted by Gasteiger charge is 2.08. The summed E-state index contributed by atoms with van der Waals surface area (Å²) < 4.78 is 0. The predicted octanol–water partition coefficient (Wildman–Crippen LogP) is 7.59. The van der Waals surface area contributed by atoms with Crippen LogP contribution in [0, 0.1) is 0 Å². The van der Waals surface area contributed by atoms with Crippen LogP contribution in [-0.2, 0) is 0 Å². The maximum atomic E-state index is 4.25. The van der Waals surface area contributed by atoms with Crippen LogP contribution in [0.25, 0.3) is 64.6 Å². The fraction of sp³-hybridized carbons (Fsp3) is 0. The van der Waals surface area contributed by atoms with Gasteiger partial charge >= 0.3 is 0 Å². The third-order valence-corrected chi connectivity index (χ3v) is 6.29. The first-order valence-corrected chi connectivity index (χ1v) is 10.5. The van der Waals surface area contributed by atoms with Crippen molar-refractivity contribution < 1.29 is 0 Å². The van der Waals surface area contributed by atoms with Crippen molar-refractivity contribution in [2.75, 3.05) is 0 Å². The summed E-state index contributed by atoms with van der Waals surface area (Å²) in [5, 5.41) is 14.8. The second-order valence-corrected chi connectivity index (χ2v) is 8.11. The van der Waals surface area contributed by atoms with E-state index in [4.69, 9.17) is 0 Å². The van der Waals surface area contributed by atoms with Crippen molar-refractivity contribution in [3.8, 4) is 0 Å². The smallest absolute Gasteiger partial charge is 0.0347 e. The number of rotatable bonds is 0. The van der Waals surface area contributed by atoms with E-state index in [1.54, 1.807) is 0 Å². The number of hydrogen-bond donors (Lipinski definition) is 0. The largest absolute Gasteiger partial charge is 0.263 e. The number of benzene rings is 4. The number of pyridine rings is 4. The molecule has 0 spiro atoms. The quantitative estimate of drug-likeness (QED) is 0.209. The van der Waals surface area contributed by atoms with Crippen molar-refractivity contribution in [1.29, 1.82) is 0 Å². The highest BCUT2D eigenvalue weighted by molar-refractivity contribution is 6.23. The number of hydrogen-bond acceptors (Lipinski definition) is 4. The Morgan fingerprint density at radius 2 is 0.412 bits per heavy atom. The van der Waals surface area contributed by atoms with E-state index in [9.17, 15) is 0 Å². The highest BCUT2D eigenvalue weighted by atomic mass is 35.5. The Hall–Kier alpha value is -3.86. The van der Waals surface area contributed by atoms with E-state index in [0.717, 1.165) is 0 Å². The Labute approximate surface area is 207 Å². The second-order valence-electron chi connectivity index (χ2n) is 8.11. The van der Waals surface area contributed by atoms with Crippen molar-refractivity contribution in [3.63, 3.8) is 0 Å². The van der Waals surface area contributed by atoms with Gasteiger partial charge in [0.25, 0.3) is 0 Å². The van der Waals surface area contributed by atoms with Crippen LogP contribution in [0.4, 0.5) is 0 Å².